The van der Waals surface area contributed by atoms with Crippen LogP contribution >= 0.6 is 0 Å². The quantitative estimate of drug-likeness (QED) is 0.0943. The summed E-state index contributed by atoms with van der Waals surface area (Å²) in [7, 11) is 0. The van der Waals surface area contributed by atoms with Crippen molar-refractivity contribution in [1.29, 1.82) is 0 Å². The van der Waals surface area contributed by atoms with E-state index in [-0.39, 0.29) is 25.7 Å². The number of benzene rings is 5. The number of aliphatic hydroxyl groups is 1. The first-order valence-corrected chi connectivity index (χ1v) is 19.8. The predicted octanol–water partition coefficient (Wildman–Crippen LogP) is 8.77. The van der Waals surface area contributed by atoms with Gasteiger partial charge in [0.1, 0.15) is 24.4 Å². The van der Waals surface area contributed by atoms with Crippen molar-refractivity contribution < 1.29 is 38.3 Å². The molecule has 2 aliphatic rings. The lowest BCUT2D eigenvalue weighted by Gasteiger charge is -2.46. The van der Waals surface area contributed by atoms with E-state index in [1.807, 2.05) is 152 Å². The van der Waals surface area contributed by atoms with Gasteiger partial charge in [0.2, 0.25) is 6.29 Å². The first-order chi connectivity index (χ1) is 27.6. The number of rotatable bonds is 17. The van der Waals surface area contributed by atoms with Crippen LogP contribution in [-0.2, 0) is 59.6 Å². The molecule has 1 saturated carbocycles. The predicted molar refractivity (Wildman–Crippen MR) is 213 cm³/mol. The average molecular weight is 757 g/mol. The summed E-state index contributed by atoms with van der Waals surface area (Å²) in [4.78, 5) is 14.4. The van der Waals surface area contributed by atoms with Crippen molar-refractivity contribution in [3.63, 3.8) is 0 Å². The summed E-state index contributed by atoms with van der Waals surface area (Å²) >= 11 is 0. The second-order valence-electron chi connectivity index (χ2n) is 14.7. The third-order valence-electron chi connectivity index (χ3n) is 10.7. The first-order valence-electron chi connectivity index (χ1n) is 19.8. The molecule has 8 nitrogen and oxygen atoms in total. The van der Waals surface area contributed by atoms with Crippen LogP contribution in [0, 0.1) is 11.8 Å². The minimum atomic E-state index is -1.15. The van der Waals surface area contributed by atoms with Gasteiger partial charge in [-0.05, 0) is 40.7 Å². The highest BCUT2D eigenvalue weighted by Crippen LogP contribution is 2.40. The Balaban J connectivity index is 1.20. The Bertz CT molecular complexity index is 1860. The minimum Gasteiger partial charge on any atom is -0.432 e. The standard InChI is InChI=1S/C48H52O8/c49-43(39-26-14-5-15-27-39)40-28-16-17-29-41(40)47(50)56-48-46(54-33-38-24-12-4-13-25-38)45(53-32-37-22-10-3-11-23-37)44(52-31-36-20-8-2-9-21-36)42(55-48)34-51-30-35-18-6-1-7-19-35/h1-15,18-27,40-46,48-49H,16-17,28-34H2/t40?,41?,42-,43-,44-,45+,46-,48+/m1/s1. The number of hydrogen-bond donors (Lipinski definition) is 1. The molecular formula is C48H52O8. The van der Waals surface area contributed by atoms with Crippen LogP contribution in [0.25, 0.3) is 0 Å². The number of hydrogen-bond acceptors (Lipinski definition) is 8. The van der Waals surface area contributed by atoms with Gasteiger partial charge in [-0.1, -0.05) is 165 Å². The number of carbonyl (C=O) groups is 1. The lowest BCUT2D eigenvalue weighted by molar-refractivity contribution is -0.321. The Labute approximate surface area is 330 Å². The van der Waals surface area contributed by atoms with Crippen LogP contribution in [0.4, 0.5) is 0 Å². The van der Waals surface area contributed by atoms with Gasteiger partial charge < -0.3 is 33.5 Å². The Morgan fingerprint density at radius 2 is 1.02 bits per heavy atom. The average Bonchev–Trinajstić information content (AvgIpc) is 3.26. The molecule has 2 unspecified atom stereocenters. The summed E-state index contributed by atoms with van der Waals surface area (Å²) in [6.07, 6.45) is -1.77. The molecular weight excluding hydrogens is 705 g/mol. The summed E-state index contributed by atoms with van der Waals surface area (Å²) in [6.45, 7) is 1.31. The molecule has 0 bridgehead atoms. The fourth-order valence-electron chi connectivity index (χ4n) is 7.77. The van der Waals surface area contributed by atoms with Crippen molar-refractivity contribution in [3.05, 3.63) is 179 Å². The third-order valence-corrected chi connectivity index (χ3v) is 10.7. The Morgan fingerprint density at radius 1 is 0.571 bits per heavy atom. The van der Waals surface area contributed by atoms with Crippen molar-refractivity contribution >= 4 is 5.97 Å². The molecule has 2 fully saturated rings. The SMILES string of the molecule is O=C(O[C@@H]1O[C@H](COCc2ccccc2)[C@@H](OCc2ccccc2)[C@H](OCc2ccccc2)[C@H]1OCc1ccccc1)C1CCCCC1[C@H](O)c1ccccc1. The topological polar surface area (TPSA) is 92.7 Å². The Hall–Kier alpha value is -4.67. The molecule has 56 heavy (non-hydrogen) atoms. The number of aliphatic hydroxyl groups excluding tert-OH is 1. The molecule has 1 aliphatic carbocycles. The van der Waals surface area contributed by atoms with Crippen molar-refractivity contribution in [2.45, 2.75) is 88.9 Å². The van der Waals surface area contributed by atoms with E-state index in [1.165, 1.54) is 0 Å². The number of carbonyl (C=O) groups excluding carboxylic acids is 1. The maximum Gasteiger partial charge on any atom is 0.311 e. The van der Waals surface area contributed by atoms with Crippen molar-refractivity contribution in [2.75, 3.05) is 6.61 Å². The fraction of sp³-hybridized carbons (Fsp3) is 0.354. The van der Waals surface area contributed by atoms with Crippen molar-refractivity contribution in [1.82, 2.24) is 0 Å². The molecule has 0 radical (unpaired) electrons. The van der Waals surface area contributed by atoms with Crippen molar-refractivity contribution in [3.8, 4) is 0 Å². The molecule has 292 valence electrons. The second-order valence-corrected chi connectivity index (χ2v) is 14.7. The largest absolute Gasteiger partial charge is 0.432 e. The smallest absolute Gasteiger partial charge is 0.311 e. The molecule has 1 heterocycles. The van der Waals surface area contributed by atoms with Crippen LogP contribution in [0.3, 0.4) is 0 Å². The minimum absolute atomic E-state index is 0.151. The molecule has 0 spiro atoms. The summed E-state index contributed by atoms with van der Waals surface area (Å²) in [6, 6.07) is 49.3. The number of ether oxygens (including phenoxy) is 6. The highest BCUT2D eigenvalue weighted by molar-refractivity contribution is 5.73. The van der Waals surface area contributed by atoms with E-state index < -0.39 is 48.7 Å². The maximum atomic E-state index is 14.4. The first kappa shape index (κ1) is 39.6. The van der Waals surface area contributed by atoms with E-state index in [2.05, 4.69) is 0 Å². The van der Waals surface area contributed by atoms with Crippen molar-refractivity contribution in [2.24, 2.45) is 11.8 Å². The highest BCUT2D eigenvalue weighted by Gasteiger charge is 2.51. The molecule has 1 N–H and O–H groups in total. The van der Waals surface area contributed by atoms with E-state index in [9.17, 15) is 9.90 Å². The zero-order valence-corrected chi connectivity index (χ0v) is 31.7. The van der Waals surface area contributed by atoms with Crippen LogP contribution in [0.5, 0.6) is 0 Å². The van der Waals surface area contributed by atoms with E-state index >= 15 is 0 Å². The van der Waals surface area contributed by atoms with Crippen LogP contribution < -0.4 is 0 Å². The Kier molecular flexibility index (Phi) is 14.5. The van der Waals surface area contributed by atoms with Gasteiger partial charge in [-0.25, -0.2) is 0 Å². The van der Waals surface area contributed by atoms with Gasteiger partial charge in [-0.2, -0.15) is 0 Å². The molecule has 8 atom stereocenters. The van der Waals surface area contributed by atoms with Crippen LogP contribution in [0.15, 0.2) is 152 Å². The normalized spacial score (nSPS) is 24.3. The molecule has 5 aromatic rings. The van der Waals surface area contributed by atoms with Gasteiger partial charge in [-0.15, -0.1) is 0 Å². The van der Waals surface area contributed by atoms with E-state index in [1.54, 1.807) is 0 Å². The summed E-state index contributed by atoms with van der Waals surface area (Å²) in [5.41, 5.74) is 4.74. The Morgan fingerprint density at radius 3 is 1.55 bits per heavy atom. The lowest BCUT2D eigenvalue weighted by Crippen LogP contribution is -2.62. The molecule has 0 amide bonds. The van der Waals surface area contributed by atoms with Crippen LogP contribution in [-0.4, -0.2) is 48.4 Å². The van der Waals surface area contributed by atoms with Gasteiger partial charge in [0.25, 0.3) is 0 Å². The zero-order chi connectivity index (χ0) is 38.4. The van der Waals surface area contributed by atoms with Gasteiger partial charge in [0.05, 0.1) is 45.1 Å². The van der Waals surface area contributed by atoms with Gasteiger partial charge in [0.15, 0.2) is 0 Å². The highest BCUT2D eigenvalue weighted by atomic mass is 16.7. The lowest BCUT2D eigenvalue weighted by atomic mass is 9.74. The van der Waals surface area contributed by atoms with E-state index in [0.29, 0.717) is 26.1 Å². The van der Waals surface area contributed by atoms with E-state index in [4.69, 9.17) is 28.4 Å². The summed E-state index contributed by atoms with van der Waals surface area (Å²) in [5, 5.41) is 11.6. The molecule has 0 aromatic heterocycles. The molecule has 8 heteroatoms. The monoisotopic (exact) mass is 756 g/mol. The fourth-order valence-corrected chi connectivity index (χ4v) is 7.77. The zero-order valence-electron chi connectivity index (χ0n) is 31.7. The second kappa shape index (κ2) is 20.5. The molecule has 1 saturated heterocycles. The molecule has 7 rings (SSSR count). The molecule has 5 aromatic carbocycles. The van der Waals surface area contributed by atoms with Crippen LogP contribution in [0.1, 0.15) is 59.6 Å². The summed E-state index contributed by atoms with van der Waals surface area (Å²) < 4.78 is 39.8. The maximum absolute atomic E-state index is 14.4. The summed E-state index contributed by atoms with van der Waals surface area (Å²) in [5.74, 6) is -1.25. The third kappa shape index (κ3) is 10.8. The van der Waals surface area contributed by atoms with Gasteiger partial charge in [-0.3, -0.25) is 4.79 Å². The van der Waals surface area contributed by atoms with Gasteiger partial charge in [0, 0.05) is 5.92 Å². The number of esters is 1. The van der Waals surface area contributed by atoms with Crippen LogP contribution in [0.2, 0.25) is 0 Å². The van der Waals surface area contributed by atoms with E-state index in [0.717, 1.165) is 40.7 Å². The molecule has 1 aliphatic heterocycles. The van der Waals surface area contributed by atoms with Gasteiger partial charge >= 0.3 is 5.97 Å².